The molecule has 2 atom stereocenters. The molecule has 0 amide bonds. The molecule has 3 aromatic heterocycles. The van der Waals surface area contributed by atoms with Crippen molar-refractivity contribution in [1.29, 1.82) is 0 Å². The molecule has 11 rings (SSSR count). The monoisotopic (exact) mass is 692 g/mol. The van der Waals surface area contributed by atoms with E-state index in [0.29, 0.717) is 0 Å². The van der Waals surface area contributed by atoms with Crippen LogP contribution in [0.3, 0.4) is 0 Å². The summed E-state index contributed by atoms with van der Waals surface area (Å²) in [5.41, 5.74) is 8.34. The number of benzene rings is 6. The van der Waals surface area contributed by atoms with Gasteiger partial charge in [0.1, 0.15) is 22.9 Å². The molecule has 242 valence electrons. The van der Waals surface area contributed by atoms with Gasteiger partial charge in [0.25, 0.3) is 0 Å². The Morgan fingerprint density at radius 2 is 1.29 bits per heavy atom. The summed E-state index contributed by atoms with van der Waals surface area (Å²) in [6.07, 6.45) is 6.77. The van der Waals surface area contributed by atoms with Crippen molar-refractivity contribution < 1.29 is 4.74 Å². The second-order valence-corrected chi connectivity index (χ2v) is 15.1. The highest BCUT2D eigenvalue weighted by Crippen LogP contribution is 2.51. The Balaban J connectivity index is 1.00. The Kier molecular flexibility index (Phi) is 6.35. The second-order valence-electron chi connectivity index (χ2n) is 13.0. The van der Waals surface area contributed by atoms with Crippen LogP contribution in [-0.4, -0.2) is 21.1 Å². The number of nitrogens with zero attached hydrogens (tertiary/aromatic N) is 4. The van der Waals surface area contributed by atoms with E-state index >= 15 is 0 Å². The quantitative estimate of drug-likeness (QED) is 0.168. The van der Waals surface area contributed by atoms with Crippen molar-refractivity contribution >= 4 is 76.0 Å². The van der Waals surface area contributed by atoms with Crippen LogP contribution in [0.25, 0.3) is 58.1 Å². The van der Waals surface area contributed by atoms with Crippen LogP contribution in [0.1, 0.15) is 11.5 Å². The molecule has 0 N–H and O–H groups in total. The molecule has 0 spiro atoms. The predicted molar refractivity (Wildman–Crippen MR) is 212 cm³/mol. The van der Waals surface area contributed by atoms with Gasteiger partial charge in [-0.15, -0.1) is 32.9 Å². The van der Waals surface area contributed by atoms with Crippen LogP contribution in [-0.2, 0) is 0 Å². The zero-order valence-corrected chi connectivity index (χ0v) is 28.8. The zero-order chi connectivity index (χ0) is 33.5. The number of hydrogen-bond donors (Lipinski definition) is 0. The van der Waals surface area contributed by atoms with Crippen molar-refractivity contribution in [3.8, 4) is 21.9 Å². The van der Waals surface area contributed by atoms with Gasteiger partial charge in [0.05, 0.1) is 5.69 Å². The van der Waals surface area contributed by atoms with Crippen LogP contribution < -0.4 is 9.64 Å². The number of hydrogen-bond acceptors (Lipinski definition) is 6. The van der Waals surface area contributed by atoms with Gasteiger partial charge in [-0.1, -0.05) is 78.9 Å². The lowest BCUT2D eigenvalue weighted by Gasteiger charge is -2.30. The standard InChI is InChI=1S/C44H28N4OS2/c1-3-9-34-32(7-1)33-8-2-4-10-35(33)44-43(34)36-22-21-31(25-39(36)49-44)47(28-15-13-27(14-16-28)41-26-42-40(51-41)23-24-50-42)29-17-19-30(20-18-29)48-45-37-11-5-6-12-38(37)46-48/h1-26,36,39H. The zero-order valence-electron chi connectivity index (χ0n) is 27.2. The second kappa shape index (κ2) is 11.3. The van der Waals surface area contributed by atoms with Crippen LogP contribution >= 0.6 is 22.7 Å². The van der Waals surface area contributed by atoms with Gasteiger partial charge in [0.2, 0.25) is 0 Å². The molecule has 5 nitrogen and oxygen atoms in total. The van der Waals surface area contributed by atoms with Gasteiger partial charge in [-0.05, 0) is 99.9 Å². The lowest BCUT2D eigenvalue weighted by molar-refractivity contribution is 0.270. The van der Waals surface area contributed by atoms with Crippen molar-refractivity contribution in [3.05, 3.63) is 168 Å². The summed E-state index contributed by atoms with van der Waals surface area (Å²) in [7, 11) is 0. The summed E-state index contributed by atoms with van der Waals surface area (Å²) in [5.74, 6) is 1.12. The number of anilines is 2. The van der Waals surface area contributed by atoms with E-state index < -0.39 is 0 Å². The van der Waals surface area contributed by atoms with Crippen molar-refractivity contribution in [3.63, 3.8) is 0 Å². The van der Waals surface area contributed by atoms with Crippen LogP contribution in [0.5, 0.6) is 5.75 Å². The molecule has 0 saturated heterocycles. The Labute approximate surface area is 301 Å². The minimum atomic E-state index is -0.130. The molecule has 2 unspecified atom stereocenters. The van der Waals surface area contributed by atoms with Gasteiger partial charge in [-0.25, -0.2) is 0 Å². The van der Waals surface area contributed by atoms with E-state index in [2.05, 4.69) is 138 Å². The predicted octanol–water partition coefficient (Wildman–Crippen LogP) is 11.8. The maximum absolute atomic E-state index is 6.92. The Morgan fingerprint density at radius 3 is 2.02 bits per heavy atom. The molecule has 9 aromatic rings. The number of allylic oxidation sites excluding steroid dienone is 1. The molecule has 0 saturated carbocycles. The van der Waals surface area contributed by atoms with Gasteiger partial charge in [-0.3, -0.25) is 0 Å². The number of aromatic nitrogens is 3. The Bertz CT molecular complexity index is 2800. The SMILES string of the molecule is C1=CC2c3c(c4ccccc4c4ccccc34)OC2C=C1N(c1ccc(-c2cc3sccc3s2)cc1)c1ccc(-n2nc3ccccc3n2)cc1. The first-order chi connectivity index (χ1) is 25.2. The molecule has 1 aliphatic carbocycles. The molecular weight excluding hydrogens is 665 g/mol. The highest BCUT2D eigenvalue weighted by atomic mass is 32.1. The lowest BCUT2D eigenvalue weighted by Crippen LogP contribution is -2.24. The maximum atomic E-state index is 6.92. The first kappa shape index (κ1) is 28.8. The average Bonchev–Trinajstić information content (AvgIpc) is 3.98. The number of thiophene rings is 2. The fourth-order valence-electron chi connectivity index (χ4n) is 7.73. The topological polar surface area (TPSA) is 43.2 Å². The van der Waals surface area contributed by atoms with Crippen molar-refractivity contribution in [2.24, 2.45) is 0 Å². The smallest absolute Gasteiger partial charge is 0.132 e. The molecule has 0 radical (unpaired) electrons. The average molecular weight is 693 g/mol. The first-order valence-corrected chi connectivity index (χ1v) is 18.7. The van der Waals surface area contributed by atoms with E-state index in [1.165, 1.54) is 46.9 Å². The van der Waals surface area contributed by atoms with Crippen LogP contribution in [0.15, 0.2) is 163 Å². The summed E-state index contributed by atoms with van der Waals surface area (Å²) in [6, 6.07) is 47.2. The Hall–Kier alpha value is -6.02. The number of rotatable bonds is 5. The number of ether oxygens (including phenoxy) is 1. The summed E-state index contributed by atoms with van der Waals surface area (Å²) >= 11 is 3.64. The van der Waals surface area contributed by atoms with Crippen LogP contribution in [0, 0.1) is 0 Å². The van der Waals surface area contributed by atoms with E-state index in [-0.39, 0.29) is 12.0 Å². The van der Waals surface area contributed by atoms with Crippen molar-refractivity contribution in [2.75, 3.05) is 4.90 Å². The number of fused-ring (bicyclic) bond motifs is 10. The van der Waals surface area contributed by atoms with Gasteiger partial charge < -0.3 is 9.64 Å². The molecule has 4 heterocycles. The third-order valence-electron chi connectivity index (χ3n) is 10.1. The molecule has 1 aliphatic heterocycles. The van der Waals surface area contributed by atoms with Crippen LogP contribution in [0.4, 0.5) is 11.4 Å². The molecule has 2 aliphatic rings. The van der Waals surface area contributed by atoms with Gasteiger partial charge in [0.15, 0.2) is 0 Å². The normalized spacial score (nSPS) is 16.4. The van der Waals surface area contributed by atoms with Gasteiger partial charge >= 0.3 is 0 Å². The van der Waals surface area contributed by atoms with Crippen molar-refractivity contribution in [1.82, 2.24) is 15.0 Å². The molecule has 0 fully saturated rings. The largest absolute Gasteiger partial charge is 0.484 e. The molecule has 51 heavy (non-hydrogen) atoms. The summed E-state index contributed by atoms with van der Waals surface area (Å²) in [5, 5.41) is 16.5. The highest BCUT2D eigenvalue weighted by molar-refractivity contribution is 7.28. The molecule has 0 bridgehead atoms. The molecule has 6 aromatic carbocycles. The minimum absolute atomic E-state index is 0.123. The van der Waals surface area contributed by atoms with E-state index in [9.17, 15) is 0 Å². The van der Waals surface area contributed by atoms with Crippen molar-refractivity contribution in [2.45, 2.75) is 12.0 Å². The van der Waals surface area contributed by atoms with Gasteiger partial charge in [-0.2, -0.15) is 4.80 Å². The summed E-state index contributed by atoms with van der Waals surface area (Å²) < 4.78 is 9.59. The van der Waals surface area contributed by atoms with Crippen LogP contribution in [0.2, 0.25) is 0 Å². The van der Waals surface area contributed by atoms with E-state index in [0.717, 1.165) is 39.5 Å². The highest BCUT2D eigenvalue weighted by Gasteiger charge is 2.37. The minimum Gasteiger partial charge on any atom is -0.484 e. The first-order valence-electron chi connectivity index (χ1n) is 17.1. The van der Waals surface area contributed by atoms with Gasteiger partial charge in [0, 0.05) is 48.2 Å². The summed E-state index contributed by atoms with van der Waals surface area (Å²) in [6.45, 7) is 0. The fraction of sp³-hybridized carbons (Fsp3) is 0.0455. The summed E-state index contributed by atoms with van der Waals surface area (Å²) in [4.78, 5) is 5.32. The lowest BCUT2D eigenvalue weighted by atomic mass is 9.85. The van der Waals surface area contributed by atoms with E-state index in [4.69, 9.17) is 14.9 Å². The third kappa shape index (κ3) is 4.59. The maximum Gasteiger partial charge on any atom is 0.132 e. The Morgan fingerprint density at radius 1 is 0.647 bits per heavy atom. The molecule has 7 heteroatoms. The molecular formula is C44H28N4OS2. The fourth-order valence-corrected chi connectivity index (χ4v) is 9.84. The third-order valence-corrected chi connectivity index (χ3v) is 12.2. The van der Waals surface area contributed by atoms with E-state index in [1.807, 2.05) is 35.6 Å². The van der Waals surface area contributed by atoms with E-state index in [1.54, 1.807) is 16.1 Å².